The molecule has 6 nitrogen and oxygen atoms in total. The van der Waals surface area contributed by atoms with Crippen molar-refractivity contribution in [3.63, 3.8) is 0 Å². The van der Waals surface area contributed by atoms with Gasteiger partial charge >= 0.3 is 5.97 Å². The summed E-state index contributed by atoms with van der Waals surface area (Å²) in [4.78, 5) is 23.9. The minimum atomic E-state index is -0.104. The maximum Gasteiger partial charge on any atom is 0.311 e. The number of rotatable bonds is 7. The van der Waals surface area contributed by atoms with Crippen LogP contribution in [0.1, 0.15) is 12.8 Å². The number of benzene rings is 1. The number of carbonyl (C=O) groups excluding carboxylic acids is 1. The zero-order valence-corrected chi connectivity index (χ0v) is 21.2. The van der Waals surface area contributed by atoms with Gasteiger partial charge in [-0.3, -0.25) is 4.79 Å². The molecule has 0 saturated carbocycles. The molecule has 0 spiro atoms. The Labute approximate surface area is 211 Å². The molecule has 2 aliphatic heterocycles. The second-order valence-electron chi connectivity index (χ2n) is 7.87. The Hall–Kier alpha value is -1.22. The lowest BCUT2D eigenvalue weighted by atomic mass is 10.2. The summed E-state index contributed by atoms with van der Waals surface area (Å²) in [6.45, 7) is 7.55. The van der Waals surface area contributed by atoms with E-state index in [1.54, 1.807) is 16.7 Å². The third kappa shape index (κ3) is 6.65. The Bertz CT molecular complexity index is 897. The standard InChI is InChI=1S/C22H27ClN4O2S.2ClH/c1-29-21(28)7-11-26-14-12-25(13-15-26)9-3-10-27-18-6-5-17(23)16-20(18)30-19-4-2-8-24-22(19)27;;/h2,4-6,8,16H,3,7,9-15H2,1H3;2*1H. The van der Waals surface area contributed by atoms with Crippen molar-refractivity contribution in [3.8, 4) is 0 Å². The van der Waals surface area contributed by atoms with E-state index in [2.05, 4.69) is 22.0 Å². The quantitative estimate of drug-likeness (QED) is 0.359. The maximum absolute atomic E-state index is 11.3. The van der Waals surface area contributed by atoms with E-state index in [9.17, 15) is 4.79 Å². The average molecular weight is 520 g/mol. The van der Waals surface area contributed by atoms with Crippen LogP contribution >= 0.6 is 23.4 Å². The second kappa shape index (κ2) is 12.9. The predicted octanol–water partition coefficient (Wildman–Crippen LogP) is -4.92. The van der Waals surface area contributed by atoms with Crippen molar-refractivity contribution in [2.75, 3.05) is 57.8 Å². The van der Waals surface area contributed by atoms with Crippen LogP contribution in [0, 0.1) is 0 Å². The number of methoxy groups -OCH3 is 1. The third-order valence-electron chi connectivity index (χ3n) is 5.93. The molecule has 0 unspecified atom stereocenters. The minimum absolute atomic E-state index is 0. The zero-order chi connectivity index (χ0) is 20.9. The number of fused-ring (bicyclic) bond motifs is 2. The molecular weight excluding hydrogens is 491 g/mol. The molecule has 2 N–H and O–H groups in total. The molecule has 32 heavy (non-hydrogen) atoms. The molecule has 0 atom stereocenters. The fraction of sp³-hybridized carbons (Fsp3) is 0.455. The van der Waals surface area contributed by atoms with Gasteiger partial charge in [0, 0.05) is 29.1 Å². The van der Waals surface area contributed by atoms with Crippen molar-refractivity contribution >= 4 is 40.8 Å². The van der Waals surface area contributed by atoms with E-state index in [-0.39, 0.29) is 30.8 Å². The SMILES string of the molecule is COC(=O)CC[NH+]1CC[NH+](CCCN2c3ccc(Cl)cc3Sc3cccnc32)CC1.[Cl-].[Cl-]. The fourth-order valence-electron chi connectivity index (χ4n) is 4.24. The number of anilines is 2. The lowest BCUT2D eigenvalue weighted by Gasteiger charge is -2.33. The molecule has 1 fully saturated rings. The van der Waals surface area contributed by atoms with Crippen LogP contribution in [0.2, 0.25) is 5.02 Å². The lowest BCUT2D eigenvalue weighted by molar-refractivity contribution is -1.01. The second-order valence-corrected chi connectivity index (χ2v) is 9.39. The molecule has 3 heterocycles. The van der Waals surface area contributed by atoms with Crippen LogP contribution in [0.15, 0.2) is 46.3 Å². The van der Waals surface area contributed by atoms with E-state index in [0.717, 1.165) is 63.1 Å². The summed E-state index contributed by atoms with van der Waals surface area (Å²) in [6, 6.07) is 10.2. The number of ether oxygens (including phenoxy) is 1. The van der Waals surface area contributed by atoms with Crippen LogP contribution in [0.25, 0.3) is 0 Å². The molecule has 176 valence electrons. The highest BCUT2D eigenvalue weighted by Gasteiger charge is 2.26. The molecule has 10 heteroatoms. The van der Waals surface area contributed by atoms with Crippen LogP contribution < -0.4 is 39.5 Å². The van der Waals surface area contributed by atoms with E-state index in [1.807, 2.05) is 24.4 Å². The summed E-state index contributed by atoms with van der Waals surface area (Å²) in [5.74, 6) is 0.942. The highest BCUT2D eigenvalue weighted by Crippen LogP contribution is 2.47. The summed E-state index contributed by atoms with van der Waals surface area (Å²) in [5, 5.41) is 0.769. The Morgan fingerprint density at radius 1 is 1.12 bits per heavy atom. The van der Waals surface area contributed by atoms with Crippen molar-refractivity contribution in [2.24, 2.45) is 0 Å². The number of pyridine rings is 1. The lowest BCUT2D eigenvalue weighted by Crippen LogP contribution is -3.28. The molecule has 1 aromatic carbocycles. The average Bonchev–Trinajstić information content (AvgIpc) is 2.77. The number of nitrogens with one attached hydrogen (secondary N) is 2. The highest BCUT2D eigenvalue weighted by atomic mass is 35.5. The number of aromatic nitrogens is 1. The van der Waals surface area contributed by atoms with Crippen molar-refractivity contribution in [1.29, 1.82) is 0 Å². The van der Waals surface area contributed by atoms with E-state index >= 15 is 0 Å². The summed E-state index contributed by atoms with van der Waals surface area (Å²) >= 11 is 7.98. The first-order valence-electron chi connectivity index (χ1n) is 10.6. The van der Waals surface area contributed by atoms with Crippen molar-refractivity contribution in [2.45, 2.75) is 22.6 Å². The monoisotopic (exact) mass is 518 g/mol. The van der Waals surface area contributed by atoms with Crippen molar-refractivity contribution < 1.29 is 44.1 Å². The van der Waals surface area contributed by atoms with Gasteiger partial charge in [-0.25, -0.2) is 4.98 Å². The normalized spacial score (nSPS) is 19.1. The first-order valence-corrected chi connectivity index (χ1v) is 11.8. The molecule has 4 rings (SSSR count). The topological polar surface area (TPSA) is 51.3 Å². The third-order valence-corrected chi connectivity index (χ3v) is 7.25. The van der Waals surface area contributed by atoms with Crippen LogP contribution in [0.5, 0.6) is 0 Å². The van der Waals surface area contributed by atoms with Crippen LogP contribution in [-0.2, 0) is 9.53 Å². The van der Waals surface area contributed by atoms with Gasteiger partial charge in [0.05, 0.1) is 37.2 Å². The van der Waals surface area contributed by atoms with E-state index in [4.69, 9.17) is 16.3 Å². The predicted molar refractivity (Wildman–Crippen MR) is 119 cm³/mol. The van der Waals surface area contributed by atoms with Gasteiger partial charge < -0.3 is 44.3 Å². The number of esters is 1. The van der Waals surface area contributed by atoms with Gasteiger partial charge in [0.2, 0.25) is 0 Å². The molecule has 0 radical (unpaired) electrons. The molecule has 2 aliphatic rings. The van der Waals surface area contributed by atoms with Crippen molar-refractivity contribution in [3.05, 3.63) is 41.6 Å². The molecule has 1 aromatic heterocycles. The summed E-state index contributed by atoms with van der Waals surface area (Å²) in [5.41, 5.74) is 1.20. The first kappa shape index (κ1) is 27.0. The van der Waals surface area contributed by atoms with Crippen LogP contribution in [0.4, 0.5) is 11.5 Å². The van der Waals surface area contributed by atoms with Gasteiger partial charge in [-0.15, -0.1) is 0 Å². The zero-order valence-electron chi connectivity index (χ0n) is 18.1. The van der Waals surface area contributed by atoms with Gasteiger partial charge in [0.25, 0.3) is 0 Å². The molecule has 0 amide bonds. The van der Waals surface area contributed by atoms with E-state index in [1.165, 1.54) is 27.5 Å². The summed E-state index contributed by atoms with van der Waals surface area (Å²) in [7, 11) is 1.46. The largest absolute Gasteiger partial charge is 1.00 e. The molecule has 2 aromatic rings. The van der Waals surface area contributed by atoms with Crippen LogP contribution in [0.3, 0.4) is 0 Å². The molecule has 0 aliphatic carbocycles. The minimum Gasteiger partial charge on any atom is -1.00 e. The number of hydrogen-bond acceptors (Lipinski definition) is 5. The Morgan fingerprint density at radius 2 is 1.84 bits per heavy atom. The van der Waals surface area contributed by atoms with E-state index < -0.39 is 0 Å². The number of carbonyl (C=O) groups is 1. The first-order chi connectivity index (χ1) is 14.6. The Balaban J connectivity index is 0.00000181. The molecule has 1 saturated heterocycles. The van der Waals surface area contributed by atoms with Gasteiger partial charge in [-0.1, -0.05) is 23.4 Å². The number of nitrogens with zero attached hydrogens (tertiary/aromatic N) is 2. The van der Waals surface area contributed by atoms with E-state index in [0.29, 0.717) is 6.42 Å². The summed E-state index contributed by atoms with van der Waals surface area (Å²) < 4.78 is 4.75. The van der Waals surface area contributed by atoms with Gasteiger partial charge in [-0.05, 0) is 30.3 Å². The van der Waals surface area contributed by atoms with Crippen molar-refractivity contribution in [1.82, 2.24) is 4.98 Å². The van der Waals surface area contributed by atoms with Gasteiger partial charge in [0.15, 0.2) is 0 Å². The fourth-order valence-corrected chi connectivity index (χ4v) is 5.58. The Kier molecular flexibility index (Phi) is 10.9. The van der Waals surface area contributed by atoms with Gasteiger partial charge in [-0.2, -0.15) is 0 Å². The summed E-state index contributed by atoms with van der Waals surface area (Å²) in [6.07, 6.45) is 3.49. The van der Waals surface area contributed by atoms with Gasteiger partial charge in [0.1, 0.15) is 32.0 Å². The number of hydrogen-bond donors (Lipinski definition) is 2. The molecular formula is C22H29Cl3N4O2S. The maximum atomic E-state index is 11.3. The molecule has 0 bridgehead atoms. The highest BCUT2D eigenvalue weighted by molar-refractivity contribution is 7.99. The Morgan fingerprint density at radius 3 is 2.56 bits per heavy atom. The number of piperazine rings is 1. The smallest absolute Gasteiger partial charge is 0.311 e. The number of quaternary nitrogens is 2. The number of halogens is 3. The van der Waals surface area contributed by atoms with Crippen LogP contribution in [-0.4, -0.2) is 63.9 Å².